The van der Waals surface area contributed by atoms with Gasteiger partial charge >= 0.3 is 5.97 Å². The van der Waals surface area contributed by atoms with Gasteiger partial charge in [0.2, 0.25) is 0 Å². The lowest BCUT2D eigenvalue weighted by molar-refractivity contribution is -0.145. The number of hydrogen-bond donors (Lipinski definition) is 0. The van der Waals surface area contributed by atoms with Gasteiger partial charge in [0.25, 0.3) is 0 Å². The van der Waals surface area contributed by atoms with Crippen molar-refractivity contribution >= 4 is 17.6 Å². The normalized spacial score (nSPS) is 9.58. The van der Waals surface area contributed by atoms with Crippen molar-refractivity contribution in [2.45, 2.75) is 13.8 Å². The summed E-state index contributed by atoms with van der Waals surface area (Å²) in [6, 6.07) is 4.93. The Balaban J connectivity index is 2.92. The molecule has 1 rings (SSSR count). The topological polar surface area (TPSA) is 68.5 Å². The predicted octanol–water partition coefficient (Wildman–Crippen LogP) is 2.55. The van der Waals surface area contributed by atoms with Gasteiger partial charge in [-0.05, 0) is 19.9 Å². The number of carbonyl (C=O) groups excluding carboxylic acids is 1. The van der Waals surface area contributed by atoms with Gasteiger partial charge in [-0.2, -0.15) is 5.26 Å². The van der Waals surface area contributed by atoms with Crippen LogP contribution in [-0.2, 0) is 9.53 Å². The van der Waals surface area contributed by atoms with E-state index in [1.807, 2.05) is 6.07 Å². The third-order valence-corrected chi connectivity index (χ3v) is 2.36. The van der Waals surface area contributed by atoms with E-state index in [-0.39, 0.29) is 24.0 Å². The summed E-state index contributed by atoms with van der Waals surface area (Å²) in [6.45, 7) is 3.91. The van der Waals surface area contributed by atoms with Gasteiger partial charge in [-0.3, -0.25) is 0 Å². The number of carbonyl (C=O) groups is 1. The maximum atomic E-state index is 11.2. The molecule has 1 aromatic rings. The molecule has 0 fully saturated rings. The Morgan fingerprint density at radius 3 is 2.63 bits per heavy atom. The summed E-state index contributed by atoms with van der Waals surface area (Å²) in [4.78, 5) is 11.2. The van der Waals surface area contributed by atoms with Gasteiger partial charge in [0.05, 0.1) is 29.9 Å². The molecule has 0 atom stereocenters. The van der Waals surface area contributed by atoms with E-state index >= 15 is 0 Å². The Bertz CT molecular complexity index is 496. The number of halogens is 1. The van der Waals surface area contributed by atoms with Crippen molar-refractivity contribution < 1.29 is 19.0 Å². The van der Waals surface area contributed by atoms with E-state index in [0.717, 1.165) is 0 Å². The van der Waals surface area contributed by atoms with Gasteiger partial charge in [-0.25, -0.2) is 4.79 Å². The molecule has 0 spiro atoms. The molecule has 0 radical (unpaired) electrons. The Hall–Kier alpha value is -1.93. The van der Waals surface area contributed by atoms with Crippen LogP contribution in [0.2, 0.25) is 5.02 Å². The molecule has 0 aliphatic heterocycles. The first-order valence-corrected chi connectivity index (χ1v) is 6.15. The Labute approximate surface area is 116 Å². The van der Waals surface area contributed by atoms with Crippen LogP contribution in [-0.4, -0.2) is 25.8 Å². The molecule has 0 saturated carbocycles. The van der Waals surface area contributed by atoms with Gasteiger partial charge in [0.15, 0.2) is 18.1 Å². The molecule has 0 saturated heterocycles. The maximum absolute atomic E-state index is 11.2. The Morgan fingerprint density at radius 2 is 2.05 bits per heavy atom. The molecule has 0 N–H and O–H groups in total. The molecule has 0 bridgehead atoms. The van der Waals surface area contributed by atoms with Crippen LogP contribution in [0.1, 0.15) is 19.4 Å². The highest BCUT2D eigenvalue weighted by Crippen LogP contribution is 2.36. The zero-order chi connectivity index (χ0) is 14.3. The number of hydrogen-bond acceptors (Lipinski definition) is 5. The molecule has 5 nitrogen and oxygen atoms in total. The average molecular weight is 284 g/mol. The summed E-state index contributed by atoms with van der Waals surface area (Å²) in [7, 11) is 0. The van der Waals surface area contributed by atoms with Crippen LogP contribution in [0.25, 0.3) is 0 Å². The monoisotopic (exact) mass is 283 g/mol. The molecular weight excluding hydrogens is 270 g/mol. The van der Waals surface area contributed by atoms with Crippen LogP contribution in [0.15, 0.2) is 12.1 Å². The van der Waals surface area contributed by atoms with Crippen LogP contribution < -0.4 is 9.47 Å². The molecule has 0 aromatic heterocycles. The fourth-order valence-electron chi connectivity index (χ4n) is 1.37. The number of ether oxygens (including phenoxy) is 3. The van der Waals surface area contributed by atoms with Crippen molar-refractivity contribution in [3.05, 3.63) is 22.7 Å². The first-order chi connectivity index (χ1) is 9.12. The second-order valence-electron chi connectivity index (χ2n) is 3.42. The minimum atomic E-state index is -0.495. The lowest BCUT2D eigenvalue weighted by Crippen LogP contribution is -2.15. The molecule has 1 aromatic carbocycles. The fraction of sp³-hybridized carbons (Fsp3) is 0.385. The Kier molecular flexibility index (Phi) is 5.97. The summed E-state index contributed by atoms with van der Waals surface area (Å²) in [6.07, 6.45) is 0. The molecule has 0 heterocycles. The van der Waals surface area contributed by atoms with E-state index in [0.29, 0.717) is 17.9 Å². The fourth-order valence-corrected chi connectivity index (χ4v) is 1.63. The largest absolute Gasteiger partial charge is 0.490 e. The summed E-state index contributed by atoms with van der Waals surface area (Å²) in [5.41, 5.74) is 0.358. The predicted molar refractivity (Wildman–Crippen MR) is 69.5 cm³/mol. The van der Waals surface area contributed by atoms with E-state index in [1.54, 1.807) is 13.8 Å². The number of rotatable bonds is 6. The van der Waals surface area contributed by atoms with E-state index < -0.39 is 5.97 Å². The second-order valence-corrected chi connectivity index (χ2v) is 3.83. The number of esters is 1. The molecular formula is C13H14ClNO4. The van der Waals surface area contributed by atoms with Crippen LogP contribution in [0.4, 0.5) is 0 Å². The summed E-state index contributed by atoms with van der Waals surface area (Å²) >= 11 is 6.00. The molecule has 0 aliphatic rings. The minimum Gasteiger partial charge on any atom is -0.490 e. The van der Waals surface area contributed by atoms with Gasteiger partial charge < -0.3 is 14.2 Å². The second kappa shape index (κ2) is 7.49. The summed E-state index contributed by atoms with van der Waals surface area (Å²) < 4.78 is 15.4. The number of nitrogens with zero attached hydrogens (tertiary/aromatic N) is 1. The first-order valence-electron chi connectivity index (χ1n) is 5.77. The van der Waals surface area contributed by atoms with E-state index in [1.165, 1.54) is 12.1 Å². The van der Waals surface area contributed by atoms with Gasteiger partial charge in [-0.1, -0.05) is 11.6 Å². The van der Waals surface area contributed by atoms with Crippen LogP contribution >= 0.6 is 11.6 Å². The lowest BCUT2D eigenvalue weighted by Gasteiger charge is -2.13. The van der Waals surface area contributed by atoms with Gasteiger partial charge in [0, 0.05) is 6.07 Å². The zero-order valence-electron chi connectivity index (χ0n) is 10.7. The Morgan fingerprint density at radius 1 is 1.32 bits per heavy atom. The van der Waals surface area contributed by atoms with Crippen molar-refractivity contribution in [1.29, 1.82) is 5.26 Å². The summed E-state index contributed by atoms with van der Waals surface area (Å²) in [5, 5.41) is 9.07. The third kappa shape index (κ3) is 4.34. The first kappa shape index (κ1) is 15.1. The molecule has 0 aliphatic carbocycles. The molecule has 0 unspecified atom stereocenters. The molecule has 0 amide bonds. The van der Waals surface area contributed by atoms with E-state index in [2.05, 4.69) is 0 Å². The number of nitriles is 1. The third-order valence-electron chi connectivity index (χ3n) is 2.08. The average Bonchev–Trinajstić information content (AvgIpc) is 2.38. The number of benzene rings is 1. The quantitative estimate of drug-likeness (QED) is 0.751. The SMILES string of the molecule is CCOC(=O)COc1c(Cl)cc(C#N)cc1OCC. The van der Waals surface area contributed by atoms with Crippen LogP contribution in [0.3, 0.4) is 0 Å². The van der Waals surface area contributed by atoms with Crippen molar-refractivity contribution in [1.82, 2.24) is 0 Å². The molecule has 102 valence electrons. The molecule has 19 heavy (non-hydrogen) atoms. The highest BCUT2D eigenvalue weighted by atomic mass is 35.5. The van der Waals surface area contributed by atoms with Crippen molar-refractivity contribution in [3.63, 3.8) is 0 Å². The van der Waals surface area contributed by atoms with Crippen LogP contribution in [0.5, 0.6) is 11.5 Å². The highest BCUT2D eigenvalue weighted by molar-refractivity contribution is 6.32. The van der Waals surface area contributed by atoms with Crippen molar-refractivity contribution in [2.24, 2.45) is 0 Å². The van der Waals surface area contributed by atoms with Crippen molar-refractivity contribution in [2.75, 3.05) is 19.8 Å². The maximum Gasteiger partial charge on any atom is 0.344 e. The highest BCUT2D eigenvalue weighted by Gasteiger charge is 2.14. The van der Waals surface area contributed by atoms with E-state index in [4.69, 9.17) is 31.1 Å². The smallest absolute Gasteiger partial charge is 0.344 e. The van der Waals surface area contributed by atoms with Crippen LogP contribution in [0, 0.1) is 11.3 Å². The van der Waals surface area contributed by atoms with Crippen molar-refractivity contribution in [3.8, 4) is 17.6 Å². The van der Waals surface area contributed by atoms with Gasteiger partial charge in [-0.15, -0.1) is 0 Å². The lowest BCUT2D eigenvalue weighted by atomic mass is 10.2. The molecule has 6 heteroatoms. The summed E-state index contributed by atoms with van der Waals surface area (Å²) in [5.74, 6) is 0.0665. The zero-order valence-corrected chi connectivity index (χ0v) is 11.5. The standard InChI is InChI=1S/C13H14ClNO4/c1-3-17-11-6-9(7-15)5-10(14)13(11)19-8-12(16)18-4-2/h5-6H,3-4,8H2,1-2H3. The van der Waals surface area contributed by atoms with E-state index in [9.17, 15) is 4.79 Å². The minimum absolute atomic E-state index is 0.215. The van der Waals surface area contributed by atoms with Gasteiger partial charge in [0.1, 0.15) is 0 Å².